The number of rotatable bonds is 5. The van der Waals surface area contributed by atoms with Crippen molar-refractivity contribution in [2.45, 2.75) is 38.6 Å². The van der Waals surface area contributed by atoms with Gasteiger partial charge in [0.25, 0.3) is 0 Å². The van der Waals surface area contributed by atoms with Crippen molar-refractivity contribution < 1.29 is 9.53 Å². The van der Waals surface area contributed by atoms with Crippen LogP contribution in [-0.2, 0) is 4.79 Å². The maximum absolute atomic E-state index is 11.9. The average Bonchev–Trinajstić information content (AvgIpc) is 2.34. The number of methoxy groups -OCH3 is 1. The van der Waals surface area contributed by atoms with Gasteiger partial charge >= 0.3 is 0 Å². The molecule has 1 amide bonds. The fourth-order valence-electron chi connectivity index (χ4n) is 1.91. The molecule has 1 atom stereocenters. The van der Waals surface area contributed by atoms with E-state index in [-0.39, 0.29) is 17.4 Å². The Kier molecular flexibility index (Phi) is 5.36. The summed E-state index contributed by atoms with van der Waals surface area (Å²) in [5.41, 5.74) is 6.63. The molecular weight excluding hydrogens is 240 g/mol. The van der Waals surface area contributed by atoms with Gasteiger partial charge in [-0.25, -0.2) is 0 Å². The predicted molar refractivity (Wildman–Crippen MR) is 77.3 cm³/mol. The van der Waals surface area contributed by atoms with Crippen LogP contribution in [0.25, 0.3) is 0 Å². The maximum Gasteiger partial charge on any atom is 0.221 e. The molecule has 106 valence electrons. The molecule has 0 saturated carbocycles. The zero-order valence-corrected chi connectivity index (χ0v) is 12.2. The summed E-state index contributed by atoms with van der Waals surface area (Å²) in [6.45, 7) is 6.35. The van der Waals surface area contributed by atoms with Crippen molar-refractivity contribution in [1.29, 1.82) is 0 Å². The van der Waals surface area contributed by atoms with Gasteiger partial charge in [-0.1, -0.05) is 12.1 Å². The zero-order valence-electron chi connectivity index (χ0n) is 12.2. The second-order valence-corrected chi connectivity index (χ2v) is 5.71. The predicted octanol–water partition coefficient (Wildman–Crippen LogP) is 2.04. The van der Waals surface area contributed by atoms with E-state index in [1.54, 1.807) is 7.11 Å². The molecule has 4 heteroatoms. The van der Waals surface area contributed by atoms with Gasteiger partial charge in [0.15, 0.2) is 0 Å². The van der Waals surface area contributed by atoms with Crippen molar-refractivity contribution in [2.24, 2.45) is 5.73 Å². The molecule has 0 radical (unpaired) electrons. The van der Waals surface area contributed by atoms with E-state index in [9.17, 15) is 4.79 Å². The second-order valence-electron chi connectivity index (χ2n) is 5.71. The lowest BCUT2D eigenvalue weighted by Gasteiger charge is -2.23. The molecule has 0 spiro atoms. The van der Waals surface area contributed by atoms with Gasteiger partial charge in [0.1, 0.15) is 5.75 Å². The summed E-state index contributed by atoms with van der Waals surface area (Å²) in [5, 5.41) is 2.96. The molecule has 1 aromatic carbocycles. The number of benzene rings is 1. The minimum absolute atomic E-state index is 0.0266. The van der Waals surface area contributed by atoms with Crippen LogP contribution < -0.4 is 15.8 Å². The van der Waals surface area contributed by atoms with E-state index in [0.717, 1.165) is 11.3 Å². The minimum atomic E-state index is -0.212. The molecule has 3 N–H and O–H groups in total. The van der Waals surface area contributed by atoms with Crippen LogP contribution in [0.15, 0.2) is 24.3 Å². The maximum atomic E-state index is 11.9. The van der Waals surface area contributed by atoms with Crippen LogP contribution in [0.2, 0.25) is 0 Å². The van der Waals surface area contributed by atoms with Crippen LogP contribution in [0, 0.1) is 0 Å². The highest BCUT2D eigenvalue weighted by Crippen LogP contribution is 2.21. The van der Waals surface area contributed by atoms with E-state index < -0.39 is 0 Å². The normalized spacial score (nSPS) is 12.9. The van der Waals surface area contributed by atoms with Crippen LogP contribution in [-0.4, -0.2) is 25.1 Å². The molecule has 0 aromatic heterocycles. The smallest absolute Gasteiger partial charge is 0.221 e. The quantitative estimate of drug-likeness (QED) is 0.855. The second kappa shape index (κ2) is 6.57. The Morgan fingerprint density at radius 1 is 1.32 bits per heavy atom. The Hall–Kier alpha value is -1.55. The van der Waals surface area contributed by atoms with E-state index in [0.29, 0.717) is 13.0 Å². The number of amides is 1. The summed E-state index contributed by atoms with van der Waals surface area (Å²) in [6, 6.07) is 7.70. The van der Waals surface area contributed by atoms with Gasteiger partial charge in [0.2, 0.25) is 5.91 Å². The highest BCUT2D eigenvalue weighted by molar-refractivity contribution is 5.77. The standard InChI is InChI=1S/C15H24N2O2/c1-15(2,3)17-14(18)9-12(10-16)11-5-7-13(19-4)8-6-11/h5-8,12H,9-10,16H2,1-4H3,(H,17,18). The lowest BCUT2D eigenvalue weighted by molar-refractivity contribution is -0.122. The van der Waals surface area contributed by atoms with Crippen molar-refractivity contribution in [3.63, 3.8) is 0 Å². The molecule has 19 heavy (non-hydrogen) atoms. The lowest BCUT2D eigenvalue weighted by atomic mass is 9.95. The van der Waals surface area contributed by atoms with Crippen molar-refractivity contribution in [2.75, 3.05) is 13.7 Å². The van der Waals surface area contributed by atoms with Crippen molar-refractivity contribution >= 4 is 5.91 Å². The average molecular weight is 264 g/mol. The molecule has 1 rings (SSSR count). The van der Waals surface area contributed by atoms with Crippen LogP contribution in [0.4, 0.5) is 0 Å². The molecule has 1 unspecified atom stereocenters. The van der Waals surface area contributed by atoms with Gasteiger partial charge in [0.05, 0.1) is 7.11 Å². The topological polar surface area (TPSA) is 64.3 Å². The van der Waals surface area contributed by atoms with Crippen LogP contribution in [0.3, 0.4) is 0 Å². The Labute approximate surface area is 115 Å². The first-order chi connectivity index (χ1) is 8.85. The molecule has 1 aromatic rings. The summed E-state index contributed by atoms with van der Waals surface area (Å²) in [5.74, 6) is 0.866. The highest BCUT2D eigenvalue weighted by Gasteiger charge is 2.18. The summed E-state index contributed by atoms with van der Waals surface area (Å²) in [6.07, 6.45) is 0.403. The van der Waals surface area contributed by atoms with E-state index >= 15 is 0 Å². The number of hydrogen-bond donors (Lipinski definition) is 2. The number of nitrogens with one attached hydrogen (secondary N) is 1. The van der Waals surface area contributed by atoms with Crippen LogP contribution >= 0.6 is 0 Å². The zero-order chi connectivity index (χ0) is 14.5. The van der Waals surface area contributed by atoms with Crippen molar-refractivity contribution in [3.8, 4) is 5.75 Å². The Bertz CT molecular complexity index is 407. The van der Waals surface area contributed by atoms with E-state index in [1.807, 2.05) is 45.0 Å². The first kappa shape index (κ1) is 15.5. The molecule has 0 aliphatic rings. The van der Waals surface area contributed by atoms with E-state index in [4.69, 9.17) is 10.5 Å². The van der Waals surface area contributed by atoms with Gasteiger partial charge in [-0.3, -0.25) is 4.79 Å². The third-order valence-electron chi connectivity index (χ3n) is 2.82. The Morgan fingerprint density at radius 2 is 1.89 bits per heavy atom. The molecule has 0 aliphatic carbocycles. The lowest BCUT2D eigenvalue weighted by Crippen LogP contribution is -2.41. The first-order valence-electron chi connectivity index (χ1n) is 6.50. The third kappa shape index (κ3) is 5.30. The molecule has 0 fully saturated rings. The van der Waals surface area contributed by atoms with Gasteiger partial charge < -0.3 is 15.8 Å². The van der Waals surface area contributed by atoms with Crippen molar-refractivity contribution in [3.05, 3.63) is 29.8 Å². The number of hydrogen-bond acceptors (Lipinski definition) is 3. The number of carbonyl (C=O) groups excluding carboxylic acids is 1. The highest BCUT2D eigenvalue weighted by atomic mass is 16.5. The van der Waals surface area contributed by atoms with Crippen LogP contribution in [0.1, 0.15) is 38.7 Å². The fraction of sp³-hybridized carbons (Fsp3) is 0.533. The summed E-state index contributed by atoms with van der Waals surface area (Å²) in [4.78, 5) is 11.9. The molecule has 4 nitrogen and oxygen atoms in total. The molecule has 0 saturated heterocycles. The number of carbonyl (C=O) groups is 1. The minimum Gasteiger partial charge on any atom is -0.497 e. The summed E-state index contributed by atoms with van der Waals surface area (Å²) < 4.78 is 5.12. The number of ether oxygens (including phenoxy) is 1. The van der Waals surface area contributed by atoms with Gasteiger partial charge in [-0.15, -0.1) is 0 Å². The first-order valence-corrected chi connectivity index (χ1v) is 6.50. The van der Waals surface area contributed by atoms with Crippen LogP contribution in [0.5, 0.6) is 5.75 Å². The molecule has 0 heterocycles. The van der Waals surface area contributed by atoms with Gasteiger partial charge in [0, 0.05) is 17.9 Å². The largest absolute Gasteiger partial charge is 0.497 e. The summed E-state index contributed by atoms with van der Waals surface area (Å²) >= 11 is 0. The van der Waals surface area contributed by atoms with Gasteiger partial charge in [-0.2, -0.15) is 0 Å². The summed E-state index contributed by atoms with van der Waals surface area (Å²) in [7, 11) is 1.63. The monoisotopic (exact) mass is 264 g/mol. The molecule has 0 bridgehead atoms. The van der Waals surface area contributed by atoms with Crippen molar-refractivity contribution in [1.82, 2.24) is 5.32 Å². The molecular formula is C15H24N2O2. The van der Waals surface area contributed by atoms with Gasteiger partial charge in [-0.05, 0) is 45.0 Å². The van der Waals surface area contributed by atoms with E-state index in [1.165, 1.54) is 0 Å². The Morgan fingerprint density at radius 3 is 2.32 bits per heavy atom. The number of nitrogens with two attached hydrogens (primary N) is 1. The fourth-order valence-corrected chi connectivity index (χ4v) is 1.91. The third-order valence-corrected chi connectivity index (χ3v) is 2.82. The van der Waals surface area contributed by atoms with E-state index in [2.05, 4.69) is 5.32 Å². The SMILES string of the molecule is COc1ccc(C(CN)CC(=O)NC(C)(C)C)cc1. The Balaban J connectivity index is 2.69. The molecule has 0 aliphatic heterocycles.